The van der Waals surface area contributed by atoms with Crippen LogP contribution in [-0.2, 0) is 4.79 Å². The summed E-state index contributed by atoms with van der Waals surface area (Å²) in [4.78, 5) is 14.5. The van der Waals surface area contributed by atoms with Crippen LogP contribution < -0.4 is 10.2 Å². The lowest BCUT2D eigenvalue weighted by Crippen LogP contribution is -2.21. The van der Waals surface area contributed by atoms with Gasteiger partial charge in [0.05, 0.1) is 0 Å². The normalized spacial score (nSPS) is 10.9. The zero-order chi connectivity index (χ0) is 18.2. The van der Waals surface area contributed by atoms with Crippen LogP contribution in [0.1, 0.15) is 19.4 Å². The number of nitrogens with one attached hydrogen (secondary N) is 1. The summed E-state index contributed by atoms with van der Waals surface area (Å²) >= 11 is 5.84. The van der Waals surface area contributed by atoms with Crippen LogP contribution in [0.15, 0.2) is 54.1 Å². The molecule has 0 unspecified atom stereocenters. The molecule has 0 heterocycles. The molecule has 4 nitrogen and oxygen atoms in total. The lowest BCUT2D eigenvalue weighted by molar-refractivity contribution is -0.112. The highest BCUT2D eigenvalue weighted by molar-refractivity contribution is 6.30. The average molecular weight is 354 g/mol. The minimum Gasteiger partial charge on any atom is -0.372 e. The molecule has 0 aliphatic rings. The van der Waals surface area contributed by atoms with Crippen LogP contribution in [-0.4, -0.2) is 19.0 Å². The number of halogens is 1. The molecule has 0 saturated heterocycles. The van der Waals surface area contributed by atoms with E-state index in [0.29, 0.717) is 10.7 Å². The van der Waals surface area contributed by atoms with Gasteiger partial charge in [-0.1, -0.05) is 23.7 Å². The molecule has 25 heavy (non-hydrogen) atoms. The Balaban J connectivity index is 2.11. The van der Waals surface area contributed by atoms with Gasteiger partial charge in [-0.15, -0.1) is 0 Å². The second-order valence-corrected chi connectivity index (χ2v) is 5.83. The summed E-state index contributed by atoms with van der Waals surface area (Å²) in [6.45, 7) is 6.04. The standard InChI is InChI=1S/C20H20ClN3O/c1-3-24(4-2)19-11-9-18(10-12-19)23-20(25)16(14-22)13-15-5-7-17(21)8-6-15/h5-13H,3-4H2,1-2H3,(H,23,25)/b16-13-. The molecule has 2 rings (SSSR count). The number of benzene rings is 2. The first-order chi connectivity index (χ1) is 12.1. The van der Waals surface area contributed by atoms with E-state index in [4.69, 9.17) is 11.6 Å². The maximum Gasteiger partial charge on any atom is 0.266 e. The molecule has 2 aromatic carbocycles. The minimum atomic E-state index is -0.437. The molecule has 0 aliphatic heterocycles. The molecule has 0 atom stereocenters. The Hall–Kier alpha value is -2.77. The molecule has 0 saturated carbocycles. The number of hydrogen-bond donors (Lipinski definition) is 1. The first kappa shape index (κ1) is 18.6. The highest BCUT2D eigenvalue weighted by atomic mass is 35.5. The Morgan fingerprint density at radius 1 is 1.12 bits per heavy atom. The molecule has 0 fully saturated rings. The summed E-state index contributed by atoms with van der Waals surface area (Å²) in [7, 11) is 0. The molecular weight excluding hydrogens is 334 g/mol. The van der Waals surface area contributed by atoms with E-state index in [1.165, 1.54) is 6.08 Å². The molecule has 0 aromatic heterocycles. The van der Waals surface area contributed by atoms with Gasteiger partial charge in [0, 0.05) is 29.5 Å². The lowest BCUT2D eigenvalue weighted by Gasteiger charge is -2.21. The Kier molecular flexibility index (Phi) is 6.62. The molecule has 2 aromatic rings. The van der Waals surface area contributed by atoms with Crippen molar-refractivity contribution >= 4 is 35.0 Å². The Bertz CT molecular complexity index is 785. The van der Waals surface area contributed by atoms with E-state index >= 15 is 0 Å². The van der Waals surface area contributed by atoms with Gasteiger partial charge in [0.15, 0.2) is 0 Å². The maximum absolute atomic E-state index is 12.3. The summed E-state index contributed by atoms with van der Waals surface area (Å²) in [5, 5.41) is 12.6. The maximum atomic E-state index is 12.3. The van der Waals surface area contributed by atoms with Crippen molar-refractivity contribution in [3.8, 4) is 6.07 Å². The van der Waals surface area contributed by atoms with E-state index in [-0.39, 0.29) is 5.57 Å². The van der Waals surface area contributed by atoms with Crippen LogP contribution in [0.3, 0.4) is 0 Å². The van der Waals surface area contributed by atoms with E-state index in [1.54, 1.807) is 24.3 Å². The van der Waals surface area contributed by atoms with Gasteiger partial charge in [0.25, 0.3) is 5.91 Å². The third-order valence-corrected chi connectivity index (χ3v) is 4.05. The van der Waals surface area contributed by atoms with Crippen LogP contribution >= 0.6 is 11.6 Å². The van der Waals surface area contributed by atoms with Crippen molar-refractivity contribution in [1.82, 2.24) is 0 Å². The number of nitriles is 1. The second-order valence-electron chi connectivity index (χ2n) is 5.39. The van der Waals surface area contributed by atoms with Crippen molar-refractivity contribution in [2.24, 2.45) is 0 Å². The zero-order valence-corrected chi connectivity index (χ0v) is 15.0. The molecule has 0 bridgehead atoms. The number of anilines is 2. The Labute approximate surface area is 153 Å². The SMILES string of the molecule is CCN(CC)c1ccc(NC(=O)/C(C#N)=C\c2ccc(Cl)cc2)cc1. The summed E-state index contributed by atoms with van der Waals surface area (Å²) in [6.07, 6.45) is 1.54. The Morgan fingerprint density at radius 3 is 2.24 bits per heavy atom. The third-order valence-electron chi connectivity index (χ3n) is 3.80. The van der Waals surface area contributed by atoms with Gasteiger partial charge in [0.1, 0.15) is 11.6 Å². The minimum absolute atomic E-state index is 0.0372. The molecule has 5 heteroatoms. The summed E-state index contributed by atoms with van der Waals surface area (Å²) in [5.41, 5.74) is 2.53. The van der Waals surface area contributed by atoms with Crippen molar-refractivity contribution in [3.05, 3.63) is 64.7 Å². The van der Waals surface area contributed by atoms with Crippen LogP contribution in [0.5, 0.6) is 0 Å². The Morgan fingerprint density at radius 2 is 1.72 bits per heavy atom. The highest BCUT2D eigenvalue weighted by Crippen LogP contribution is 2.19. The van der Waals surface area contributed by atoms with Crippen molar-refractivity contribution in [3.63, 3.8) is 0 Å². The fourth-order valence-corrected chi connectivity index (χ4v) is 2.54. The van der Waals surface area contributed by atoms with Crippen LogP contribution in [0, 0.1) is 11.3 Å². The topological polar surface area (TPSA) is 56.1 Å². The molecule has 1 N–H and O–H groups in total. The molecule has 0 aliphatic carbocycles. The van der Waals surface area contributed by atoms with Crippen molar-refractivity contribution < 1.29 is 4.79 Å². The van der Waals surface area contributed by atoms with E-state index in [2.05, 4.69) is 24.1 Å². The molecule has 1 amide bonds. The first-order valence-corrected chi connectivity index (χ1v) is 8.49. The number of rotatable bonds is 6. The third kappa shape index (κ3) is 5.10. The average Bonchev–Trinajstić information content (AvgIpc) is 2.63. The lowest BCUT2D eigenvalue weighted by atomic mass is 10.1. The van der Waals surface area contributed by atoms with Gasteiger partial charge >= 0.3 is 0 Å². The van der Waals surface area contributed by atoms with E-state index in [1.807, 2.05) is 30.3 Å². The molecular formula is C20H20ClN3O. The predicted molar refractivity (Wildman–Crippen MR) is 104 cm³/mol. The number of hydrogen-bond acceptors (Lipinski definition) is 3. The monoisotopic (exact) mass is 353 g/mol. The van der Waals surface area contributed by atoms with Crippen molar-refractivity contribution in [1.29, 1.82) is 5.26 Å². The van der Waals surface area contributed by atoms with Crippen LogP contribution in [0.2, 0.25) is 5.02 Å². The zero-order valence-electron chi connectivity index (χ0n) is 14.3. The first-order valence-electron chi connectivity index (χ1n) is 8.11. The number of amides is 1. The summed E-state index contributed by atoms with van der Waals surface area (Å²) in [5.74, 6) is -0.437. The van der Waals surface area contributed by atoms with E-state index in [0.717, 1.165) is 24.3 Å². The fraction of sp³-hybridized carbons (Fsp3) is 0.200. The predicted octanol–water partition coefficient (Wildman–Crippen LogP) is 4.73. The quantitative estimate of drug-likeness (QED) is 0.603. The van der Waals surface area contributed by atoms with Gasteiger partial charge in [-0.05, 0) is 61.9 Å². The number of nitrogens with zero attached hydrogens (tertiary/aromatic N) is 2. The van der Waals surface area contributed by atoms with Crippen molar-refractivity contribution in [2.75, 3.05) is 23.3 Å². The molecule has 128 valence electrons. The van der Waals surface area contributed by atoms with Gasteiger partial charge < -0.3 is 10.2 Å². The molecule has 0 spiro atoms. The van der Waals surface area contributed by atoms with Gasteiger partial charge in [-0.25, -0.2) is 0 Å². The highest BCUT2D eigenvalue weighted by Gasteiger charge is 2.10. The van der Waals surface area contributed by atoms with Crippen LogP contribution in [0.25, 0.3) is 6.08 Å². The number of carbonyl (C=O) groups is 1. The number of carbonyl (C=O) groups excluding carboxylic acids is 1. The smallest absolute Gasteiger partial charge is 0.266 e. The van der Waals surface area contributed by atoms with Crippen molar-refractivity contribution in [2.45, 2.75) is 13.8 Å². The summed E-state index contributed by atoms with van der Waals surface area (Å²) in [6, 6.07) is 16.5. The molecule has 0 radical (unpaired) electrons. The van der Waals surface area contributed by atoms with E-state index < -0.39 is 5.91 Å². The van der Waals surface area contributed by atoms with Gasteiger partial charge in [-0.3, -0.25) is 4.79 Å². The fourth-order valence-electron chi connectivity index (χ4n) is 2.42. The second kappa shape index (κ2) is 8.91. The van der Waals surface area contributed by atoms with E-state index in [9.17, 15) is 10.1 Å². The summed E-state index contributed by atoms with van der Waals surface area (Å²) < 4.78 is 0. The van der Waals surface area contributed by atoms with Gasteiger partial charge in [0.2, 0.25) is 0 Å². The largest absolute Gasteiger partial charge is 0.372 e. The van der Waals surface area contributed by atoms with Gasteiger partial charge in [-0.2, -0.15) is 5.26 Å². The van der Waals surface area contributed by atoms with Crippen LogP contribution in [0.4, 0.5) is 11.4 Å².